The number of carboxylic acids is 1. The quantitative estimate of drug-likeness (QED) is 0.875. The molecule has 0 bridgehead atoms. The number of hydrogen-bond donors (Lipinski definition) is 2. The monoisotopic (exact) mass is 341 g/mol. The average molecular weight is 341 g/mol. The Morgan fingerprint density at radius 3 is 2.33 bits per heavy atom. The first-order valence-corrected chi connectivity index (χ1v) is 6.92. The first kappa shape index (κ1) is 17.6. The van der Waals surface area contributed by atoms with Crippen molar-refractivity contribution in [2.24, 2.45) is 0 Å². The Bertz CT molecular complexity index is 748. The number of aromatic carboxylic acids is 1. The molecule has 2 N–H and O–H groups in total. The second-order valence-corrected chi connectivity index (χ2v) is 5.14. The smallest absolute Gasteiger partial charge is 0.416 e. The van der Waals surface area contributed by atoms with E-state index in [1.165, 1.54) is 25.1 Å². The van der Waals surface area contributed by atoms with Gasteiger partial charge in [-0.25, -0.2) is 4.79 Å². The first-order valence-electron chi connectivity index (χ1n) is 6.92. The molecular formula is C16H14F3NO4. The lowest BCUT2D eigenvalue weighted by Crippen LogP contribution is -2.24. The number of hydrogen-bond acceptors (Lipinski definition) is 3. The minimum absolute atomic E-state index is 0.00636. The van der Waals surface area contributed by atoms with Gasteiger partial charge in [-0.15, -0.1) is 0 Å². The molecule has 128 valence electrons. The molecule has 0 radical (unpaired) electrons. The van der Waals surface area contributed by atoms with E-state index in [0.717, 1.165) is 12.1 Å². The van der Waals surface area contributed by atoms with E-state index in [-0.39, 0.29) is 30.0 Å². The van der Waals surface area contributed by atoms with Crippen LogP contribution in [0.4, 0.5) is 13.2 Å². The van der Waals surface area contributed by atoms with E-state index in [9.17, 15) is 22.8 Å². The van der Waals surface area contributed by atoms with Crippen molar-refractivity contribution in [1.82, 2.24) is 5.32 Å². The molecule has 5 nitrogen and oxygen atoms in total. The fraction of sp³-hybridized carbons (Fsp3) is 0.250. The van der Waals surface area contributed by atoms with Gasteiger partial charge in [-0.05, 0) is 30.7 Å². The summed E-state index contributed by atoms with van der Waals surface area (Å²) in [6.45, 7) is 1.49. The lowest BCUT2D eigenvalue weighted by molar-refractivity contribution is -0.137. The van der Waals surface area contributed by atoms with E-state index in [4.69, 9.17) is 9.52 Å². The molecule has 0 saturated carbocycles. The molecule has 0 aliphatic carbocycles. The van der Waals surface area contributed by atoms with Crippen LogP contribution in [0.3, 0.4) is 0 Å². The molecule has 1 heterocycles. The Hall–Kier alpha value is -2.77. The molecule has 0 saturated heterocycles. The Morgan fingerprint density at radius 2 is 1.83 bits per heavy atom. The van der Waals surface area contributed by atoms with Crippen molar-refractivity contribution in [3.63, 3.8) is 0 Å². The highest BCUT2D eigenvalue weighted by Crippen LogP contribution is 2.29. The maximum Gasteiger partial charge on any atom is 0.416 e. The van der Waals surface area contributed by atoms with Gasteiger partial charge >= 0.3 is 12.1 Å². The van der Waals surface area contributed by atoms with Crippen molar-refractivity contribution < 1.29 is 32.3 Å². The molecule has 8 heteroatoms. The fourth-order valence-corrected chi connectivity index (χ4v) is 2.09. The predicted octanol–water partition coefficient (Wildman–Crippen LogP) is 3.16. The number of aryl methyl sites for hydroxylation is 1. The first-order chi connectivity index (χ1) is 11.2. The summed E-state index contributed by atoms with van der Waals surface area (Å²) < 4.78 is 42.6. The molecular weight excluding hydrogens is 327 g/mol. The predicted molar refractivity (Wildman–Crippen MR) is 77.4 cm³/mol. The highest BCUT2D eigenvalue weighted by Gasteiger charge is 2.29. The Morgan fingerprint density at radius 1 is 1.21 bits per heavy atom. The summed E-state index contributed by atoms with van der Waals surface area (Å²) in [6.07, 6.45) is -4.51. The normalized spacial score (nSPS) is 11.3. The third-order valence-corrected chi connectivity index (χ3v) is 3.30. The number of furan rings is 1. The molecule has 24 heavy (non-hydrogen) atoms. The van der Waals surface area contributed by atoms with Crippen LogP contribution in [0.15, 0.2) is 34.7 Å². The SMILES string of the molecule is Cc1oc(CNC(=O)Cc2ccc(C(F)(F)F)cc2)cc1C(=O)O. The van der Waals surface area contributed by atoms with Crippen molar-refractivity contribution in [2.75, 3.05) is 0 Å². The van der Waals surface area contributed by atoms with Gasteiger partial charge in [0.25, 0.3) is 0 Å². The highest BCUT2D eigenvalue weighted by molar-refractivity contribution is 5.88. The van der Waals surface area contributed by atoms with Crippen molar-refractivity contribution in [1.29, 1.82) is 0 Å². The second-order valence-electron chi connectivity index (χ2n) is 5.14. The lowest BCUT2D eigenvalue weighted by atomic mass is 10.1. The number of halogens is 3. The van der Waals surface area contributed by atoms with E-state index in [0.29, 0.717) is 5.56 Å². The molecule has 0 aliphatic heterocycles. The molecule has 0 atom stereocenters. The van der Waals surface area contributed by atoms with Crippen LogP contribution in [0.25, 0.3) is 0 Å². The molecule has 1 aromatic carbocycles. The summed E-state index contributed by atoms with van der Waals surface area (Å²) in [5, 5.41) is 11.4. The van der Waals surface area contributed by atoms with Gasteiger partial charge in [0, 0.05) is 0 Å². The minimum Gasteiger partial charge on any atom is -0.478 e. The van der Waals surface area contributed by atoms with Crippen LogP contribution in [-0.2, 0) is 23.9 Å². The van der Waals surface area contributed by atoms with Gasteiger partial charge in [0.05, 0.1) is 18.5 Å². The van der Waals surface area contributed by atoms with Crippen molar-refractivity contribution in [3.8, 4) is 0 Å². The molecule has 0 aliphatic rings. The Kier molecular flexibility index (Phi) is 4.96. The number of alkyl halides is 3. The number of rotatable bonds is 5. The van der Waals surface area contributed by atoms with Crippen molar-refractivity contribution in [3.05, 3.63) is 58.5 Å². The average Bonchev–Trinajstić information content (AvgIpc) is 2.86. The van der Waals surface area contributed by atoms with Crippen LogP contribution in [0, 0.1) is 6.92 Å². The summed E-state index contributed by atoms with van der Waals surface area (Å²) in [5.74, 6) is -1.03. The largest absolute Gasteiger partial charge is 0.478 e. The van der Waals surface area contributed by atoms with Gasteiger partial charge < -0.3 is 14.8 Å². The molecule has 0 fully saturated rings. The molecule has 2 aromatic rings. The maximum absolute atomic E-state index is 12.5. The lowest BCUT2D eigenvalue weighted by Gasteiger charge is -2.07. The minimum atomic E-state index is -4.42. The van der Waals surface area contributed by atoms with Gasteiger partial charge in [-0.1, -0.05) is 12.1 Å². The van der Waals surface area contributed by atoms with E-state index >= 15 is 0 Å². The molecule has 1 amide bonds. The van der Waals surface area contributed by atoms with Gasteiger partial charge in [-0.2, -0.15) is 13.2 Å². The van der Waals surface area contributed by atoms with E-state index in [1.54, 1.807) is 0 Å². The summed E-state index contributed by atoms with van der Waals surface area (Å²) >= 11 is 0. The van der Waals surface area contributed by atoms with E-state index in [2.05, 4.69) is 5.32 Å². The molecule has 2 rings (SSSR count). The number of amides is 1. The van der Waals surface area contributed by atoms with Gasteiger partial charge in [0.15, 0.2) is 0 Å². The van der Waals surface area contributed by atoms with Crippen LogP contribution in [-0.4, -0.2) is 17.0 Å². The van der Waals surface area contributed by atoms with Crippen molar-refractivity contribution >= 4 is 11.9 Å². The standard InChI is InChI=1S/C16H14F3NO4/c1-9-13(15(22)23)7-12(24-9)8-20-14(21)6-10-2-4-11(5-3-10)16(17,18)19/h2-5,7H,6,8H2,1H3,(H,20,21)(H,22,23). The zero-order valence-electron chi connectivity index (χ0n) is 12.6. The third kappa shape index (κ3) is 4.37. The second kappa shape index (κ2) is 6.77. The number of carboxylic acid groups (broad SMARTS) is 1. The van der Waals surface area contributed by atoms with Crippen LogP contribution in [0.5, 0.6) is 0 Å². The fourth-order valence-electron chi connectivity index (χ4n) is 2.09. The summed E-state index contributed by atoms with van der Waals surface area (Å²) in [5.41, 5.74) is -0.330. The number of benzene rings is 1. The molecule has 0 spiro atoms. The summed E-state index contributed by atoms with van der Waals surface area (Å²) in [4.78, 5) is 22.7. The van der Waals surface area contributed by atoms with E-state index < -0.39 is 23.6 Å². The zero-order valence-corrected chi connectivity index (χ0v) is 12.6. The van der Waals surface area contributed by atoms with E-state index in [1.807, 2.05) is 0 Å². The molecule has 0 unspecified atom stereocenters. The van der Waals surface area contributed by atoms with Gasteiger partial charge in [0.2, 0.25) is 5.91 Å². The van der Waals surface area contributed by atoms with Gasteiger partial charge in [0.1, 0.15) is 17.1 Å². The topological polar surface area (TPSA) is 79.5 Å². The highest BCUT2D eigenvalue weighted by atomic mass is 19.4. The number of nitrogens with one attached hydrogen (secondary N) is 1. The number of carbonyl (C=O) groups excluding carboxylic acids is 1. The Balaban J connectivity index is 1.92. The summed E-state index contributed by atoms with van der Waals surface area (Å²) in [7, 11) is 0. The van der Waals surface area contributed by atoms with Crippen LogP contribution < -0.4 is 5.32 Å². The van der Waals surface area contributed by atoms with Crippen LogP contribution in [0.1, 0.15) is 33.0 Å². The third-order valence-electron chi connectivity index (χ3n) is 3.30. The number of carbonyl (C=O) groups is 2. The Labute approximate surface area is 135 Å². The summed E-state index contributed by atoms with van der Waals surface area (Å²) in [6, 6.07) is 5.62. The van der Waals surface area contributed by atoms with Crippen LogP contribution in [0.2, 0.25) is 0 Å². The zero-order chi connectivity index (χ0) is 17.9. The van der Waals surface area contributed by atoms with Crippen LogP contribution >= 0.6 is 0 Å². The molecule has 1 aromatic heterocycles. The maximum atomic E-state index is 12.5. The van der Waals surface area contributed by atoms with Crippen molar-refractivity contribution in [2.45, 2.75) is 26.1 Å². The van der Waals surface area contributed by atoms with Gasteiger partial charge in [-0.3, -0.25) is 4.79 Å².